The van der Waals surface area contributed by atoms with Crippen LogP contribution in [0.25, 0.3) is 0 Å². The van der Waals surface area contributed by atoms with Gasteiger partial charge in [0.2, 0.25) is 0 Å². The van der Waals surface area contributed by atoms with Crippen molar-refractivity contribution in [3.63, 3.8) is 0 Å². The van der Waals surface area contributed by atoms with Crippen molar-refractivity contribution in [1.82, 2.24) is 10.9 Å². The van der Waals surface area contributed by atoms with Crippen molar-refractivity contribution in [3.05, 3.63) is 63.7 Å². The highest BCUT2D eigenvalue weighted by molar-refractivity contribution is 6.32. The van der Waals surface area contributed by atoms with Crippen molar-refractivity contribution < 1.29 is 14.7 Å². The highest BCUT2D eigenvalue weighted by Gasteiger charge is 2.20. The first-order chi connectivity index (χ1) is 13.4. The van der Waals surface area contributed by atoms with E-state index in [1.807, 2.05) is 12.1 Å². The van der Waals surface area contributed by atoms with Crippen molar-refractivity contribution in [2.45, 2.75) is 13.0 Å². The summed E-state index contributed by atoms with van der Waals surface area (Å²) in [5.74, 6) is -1.25. The molecule has 2 amide bonds. The monoisotopic (exact) mass is 397 g/mol. The van der Waals surface area contributed by atoms with Gasteiger partial charge >= 0.3 is 0 Å². The number of rotatable bonds is 5. The molecule has 142 valence electrons. The lowest BCUT2D eigenvalue weighted by Crippen LogP contribution is -2.50. The first-order valence-electron chi connectivity index (χ1n) is 8.08. The van der Waals surface area contributed by atoms with Crippen LogP contribution in [0.1, 0.15) is 27.0 Å². The number of hydrogen-bond donors (Lipinski definition) is 4. The summed E-state index contributed by atoms with van der Waals surface area (Å²) in [6.07, 6.45) is 0. The largest absolute Gasteiger partial charge is 0.394 e. The van der Waals surface area contributed by atoms with Gasteiger partial charge in [-0.3, -0.25) is 20.4 Å². The molecule has 0 aromatic heterocycles. The summed E-state index contributed by atoms with van der Waals surface area (Å²) >= 11 is 6.09. The molecule has 0 saturated heterocycles. The predicted octanol–water partition coefficient (Wildman–Crippen LogP) is 1.63. The summed E-state index contributed by atoms with van der Waals surface area (Å²) in [5, 5.41) is 30.3. The third-order valence-corrected chi connectivity index (χ3v) is 4.40. The van der Waals surface area contributed by atoms with Crippen molar-refractivity contribution in [2.75, 3.05) is 11.9 Å². The molecule has 4 N–H and O–H groups in total. The van der Waals surface area contributed by atoms with Crippen LogP contribution < -0.4 is 16.2 Å². The Labute approximate surface area is 166 Å². The molecule has 0 aliphatic carbocycles. The number of nitriles is 2. The van der Waals surface area contributed by atoms with Gasteiger partial charge in [0, 0.05) is 11.3 Å². The molecule has 1 unspecified atom stereocenters. The normalized spacial score (nSPS) is 10.9. The molecule has 0 bridgehead atoms. The van der Waals surface area contributed by atoms with Crippen molar-refractivity contribution in [2.24, 2.45) is 0 Å². The number of halogens is 1. The molecule has 2 aromatic carbocycles. The van der Waals surface area contributed by atoms with E-state index in [-0.39, 0.29) is 10.6 Å². The smallest absolute Gasteiger partial charge is 0.269 e. The molecule has 0 aliphatic heterocycles. The molecule has 2 rings (SSSR count). The topological polar surface area (TPSA) is 138 Å². The minimum Gasteiger partial charge on any atom is -0.394 e. The highest BCUT2D eigenvalue weighted by atomic mass is 35.5. The number of hydrogen-bond acceptors (Lipinski definition) is 6. The van der Waals surface area contributed by atoms with Gasteiger partial charge in [0.25, 0.3) is 11.8 Å². The molecule has 1 atom stereocenters. The maximum Gasteiger partial charge on any atom is 0.269 e. The third kappa shape index (κ3) is 4.77. The molecule has 0 spiro atoms. The first kappa shape index (κ1) is 20.7. The molecular weight excluding hydrogens is 382 g/mol. The highest BCUT2D eigenvalue weighted by Crippen LogP contribution is 2.27. The lowest BCUT2D eigenvalue weighted by molar-refractivity contribution is -0.123. The Kier molecular flexibility index (Phi) is 6.94. The molecule has 0 radical (unpaired) electrons. The summed E-state index contributed by atoms with van der Waals surface area (Å²) in [7, 11) is 0. The van der Waals surface area contributed by atoms with Crippen molar-refractivity contribution in [3.8, 4) is 12.1 Å². The second-order valence-electron chi connectivity index (χ2n) is 5.72. The van der Waals surface area contributed by atoms with Crippen LogP contribution in [0.15, 0.2) is 36.4 Å². The summed E-state index contributed by atoms with van der Waals surface area (Å²) < 4.78 is 0. The molecular formula is C19H16ClN5O3. The van der Waals surface area contributed by atoms with Crippen molar-refractivity contribution >= 4 is 29.1 Å². The second kappa shape index (κ2) is 9.38. The third-order valence-electron chi connectivity index (χ3n) is 3.91. The number of hydrazine groups is 1. The zero-order valence-corrected chi connectivity index (χ0v) is 15.5. The average Bonchev–Trinajstić information content (AvgIpc) is 2.73. The van der Waals surface area contributed by atoms with E-state index < -0.39 is 24.5 Å². The van der Waals surface area contributed by atoms with Crippen LogP contribution in [-0.4, -0.2) is 29.6 Å². The number of carbonyl (C=O) groups excluding carboxylic acids is 2. The number of nitrogens with zero attached hydrogens (tertiary/aromatic N) is 2. The summed E-state index contributed by atoms with van der Waals surface area (Å²) in [5.41, 5.74) is 6.44. The van der Waals surface area contributed by atoms with Crippen LogP contribution in [0.2, 0.25) is 5.02 Å². The van der Waals surface area contributed by atoms with Crippen LogP contribution in [0.5, 0.6) is 0 Å². The van der Waals surface area contributed by atoms with E-state index >= 15 is 0 Å². The molecule has 0 saturated carbocycles. The zero-order chi connectivity index (χ0) is 20.7. The van der Waals surface area contributed by atoms with Crippen molar-refractivity contribution in [1.29, 1.82) is 10.5 Å². The lowest BCUT2D eigenvalue weighted by atomic mass is 10.1. The Morgan fingerprint density at radius 1 is 1.11 bits per heavy atom. The van der Waals surface area contributed by atoms with E-state index in [9.17, 15) is 14.7 Å². The Morgan fingerprint density at radius 2 is 1.79 bits per heavy atom. The number of aliphatic hydroxyl groups is 1. The van der Waals surface area contributed by atoms with Gasteiger partial charge in [0.1, 0.15) is 12.1 Å². The van der Waals surface area contributed by atoms with Gasteiger partial charge in [-0.05, 0) is 48.9 Å². The van der Waals surface area contributed by atoms with Gasteiger partial charge in [0.05, 0.1) is 28.8 Å². The summed E-state index contributed by atoms with van der Waals surface area (Å²) in [6, 6.07) is 11.8. The Morgan fingerprint density at radius 3 is 2.36 bits per heavy atom. The number of nitrogens with one attached hydrogen (secondary N) is 3. The van der Waals surface area contributed by atoms with E-state index in [0.29, 0.717) is 22.4 Å². The maximum atomic E-state index is 12.3. The van der Waals surface area contributed by atoms with Gasteiger partial charge in [-0.15, -0.1) is 0 Å². The summed E-state index contributed by atoms with van der Waals surface area (Å²) in [6.45, 7) is 1.13. The molecule has 0 fully saturated rings. The lowest BCUT2D eigenvalue weighted by Gasteiger charge is -2.19. The average molecular weight is 398 g/mol. The Balaban J connectivity index is 2.02. The number of anilines is 1. The number of carbonyl (C=O) groups is 2. The fourth-order valence-corrected chi connectivity index (χ4v) is 2.49. The number of amides is 2. The minimum absolute atomic E-state index is 0.249. The number of aliphatic hydroxyl groups excluding tert-OH is 1. The quantitative estimate of drug-likeness (QED) is 0.565. The van der Waals surface area contributed by atoms with Crippen LogP contribution >= 0.6 is 11.6 Å². The zero-order valence-electron chi connectivity index (χ0n) is 14.8. The Bertz CT molecular complexity index is 977. The van der Waals surface area contributed by atoms with Crippen LogP contribution in [-0.2, 0) is 4.79 Å². The molecule has 0 heterocycles. The van der Waals surface area contributed by atoms with E-state index in [0.717, 1.165) is 0 Å². The van der Waals surface area contributed by atoms with E-state index in [1.165, 1.54) is 30.3 Å². The van der Waals surface area contributed by atoms with Crippen LogP contribution in [0, 0.1) is 29.6 Å². The van der Waals surface area contributed by atoms with E-state index in [1.54, 1.807) is 13.0 Å². The van der Waals surface area contributed by atoms with Gasteiger partial charge < -0.3 is 10.4 Å². The molecule has 2 aromatic rings. The fraction of sp³-hybridized carbons (Fsp3) is 0.158. The van der Waals surface area contributed by atoms with Gasteiger partial charge in [-0.2, -0.15) is 10.5 Å². The maximum absolute atomic E-state index is 12.3. The van der Waals surface area contributed by atoms with Gasteiger partial charge in [0.15, 0.2) is 0 Å². The fourth-order valence-electron chi connectivity index (χ4n) is 2.28. The van der Waals surface area contributed by atoms with E-state index in [2.05, 4.69) is 16.2 Å². The SMILES string of the molecule is Cc1c(NC(CO)C(=O)NNC(=O)c2ccc(C#N)cc2)ccc(C#N)c1Cl. The molecule has 28 heavy (non-hydrogen) atoms. The van der Waals surface area contributed by atoms with Gasteiger partial charge in [-0.1, -0.05) is 11.6 Å². The molecule has 8 nitrogen and oxygen atoms in total. The van der Waals surface area contributed by atoms with Gasteiger partial charge in [-0.25, -0.2) is 0 Å². The first-order valence-corrected chi connectivity index (χ1v) is 8.46. The molecule has 9 heteroatoms. The van der Waals surface area contributed by atoms with Crippen LogP contribution in [0.4, 0.5) is 5.69 Å². The second-order valence-corrected chi connectivity index (χ2v) is 6.10. The van der Waals surface area contributed by atoms with Crippen LogP contribution in [0.3, 0.4) is 0 Å². The number of benzene rings is 2. The van der Waals surface area contributed by atoms with E-state index in [4.69, 9.17) is 22.1 Å². The standard InChI is InChI=1S/C19H16ClN5O3/c1-11-15(7-6-14(9-22)17(11)20)23-16(10-26)19(28)25-24-18(27)13-4-2-12(8-21)3-5-13/h2-7,16,23,26H,10H2,1H3,(H,24,27)(H,25,28). The molecule has 0 aliphatic rings. The minimum atomic E-state index is -1.07. The summed E-state index contributed by atoms with van der Waals surface area (Å²) in [4.78, 5) is 24.3. The Hall–Kier alpha value is -3.59. The predicted molar refractivity (Wildman–Crippen MR) is 102 cm³/mol.